The molecule has 2 aromatic rings. The van der Waals surface area contributed by atoms with Gasteiger partial charge in [-0.05, 0) is 44.2 Å². The van der Waals surface area contributed by atoms with Crippen molar-refractivity contribution in [2.75, 3.05) is 12.4 Å². The van der Waals surface area contributed by atoms with E-state index in [0.717, 1.165) is 5.56 Å². The molecule has 2 rings (SSSR count). The van der Waals surface area contributed by atoms with Crippen molar-refractivity contribution in [3.8, 4) is 5.75 Å². The lowest BCUT2D eigenvalue weighted by atomic mass is 10.2. The number of ether oxygens (including phenoxy) is 2. The van der Waals surface area contributed by atoms with E-state index in [0.29, 0.717) is 11.4 Å². The Kier molecular flexibility index (Phi) is 5.82. The van der Waals surface area contributed by atoms with Gasteiger partial charge in [0.25, 0.3) is 5.91 Å². The zero-order valence-electron chi connectivity index (χ0n) is 13.6. The molecule has 0 radical (unpaired) electrons. The highest BCUT2D eigenvalue weighted by Gasteiger charge is 2.17. The highest BCUT2D eigenvalue weighted by molar-refractivity contribution is 6.33. The molecule has 0 unspecified atom stereocenters. The Labute approximate surface area is 145 Å². The van der Waals surface area contributed by atoms with Crippen LogP contribution in [0.2, 0.25) is 5.02 Å². The van der Waals surface area contributed by atoms with Crippen LogP contribution < -0.4 is 10.1 Å². The minimum atomic E-state index is -0.704. The van der Waals surface area contributed by atoms with Crippen LogP contribution in [0.15, 0.2) is 42.5 Å². The summed E-state index contributed by atoms with van der Waals surface area (Å²) in [6.45, 7) is 3.62. The van der Waals surface area contributed by atoms with Gasteiger partial charge in [-0.3, -0.25) is 4.79 Å². The highest BCUT2D eigenvalue weighted by atomic mass is 35.5. The van der Waals surface area contributed by atoms with Crippen molar-refractivity contribution in [3.05, 3.63) is 58.6 Å². The van der Waals surface area contributed by atoms with E-state index in [-0.39, 0.29) is 16.5 Å². The number of methoxy groups -OCH3 is 1. The van der Waals surface area contributed by atoms with Crippen LogP contribution in [0.25, 0.3) is 0 Å². The first-order chi connectivity index (χ1) is 11.4. The normalized spacial score (nSPS) is 11.5. The molecule has 0 aliphatic carbocycles. The fourth-order valence-corrected chi connectivity index (χ4v) is 2.18. The second kappa shape index (κ2) is 7.84. The van der Waals surface area contributed by atoms with Gasteiger partial charge < -0.3 is 14.8 Å². The van der Waals surface area contributed by atoms with Gasteiger partial charge in [-0.1, -0.05) is 29.3 Å². The molecule has 1 atom stereocenters. The van der Waals surface area contributed by atoms with Crippen LogP contribution >= 0.6 is 11.6 Å². The summed E-state index contributed by atoms with van der Waals surface area (Å²) in [6, 6.07) is 12.0. The predicted octanol–water partition coefficient (Wildman–Crippen LogP) is 3.84. The van der Waals surface area contributed by atoms with E-state index in [9.17, 15) is 9.59 Å². The van der Waals surface area contributed by atoms with Crippen LogP contribution in [0.5, 0.6) is 5.75 Å². The van der Waals surface area contributed by atoms with Gasteiger partial charge in [-0.15, -0.1) is 0 Å². The van der Waals surface area contributed by atoms with Crippen molar-refractivity contribution in [1.82, 2.24) is 0 Å². The Hall–Kier alpha value is -2.53. The van der Waals surface area contributed by atoms with E-state index >= 15 is 0 Å². The monoisotopic (exact) mass is 347 g/mol. The molecular weight excluding hydrogens is 330 g/mol. The molecule has 126 valence electrons. The molecule has 1 N–H and O–H groups in total. The molecule has 2 aromatic carbocycles. The van der Waals surface area contributed by atoms with E-state index < -0.39 is 12.1 Å². The summed E-state index contributed by atoms with van der Waals surface area (Å²) in [4.78, 5) is 23.9. The van der Waals surface area contributed by atoms with E-state index in [4.69, 9.17) is 16.3 Å². The lowest BCUT2D eigenvalue weighted by Gasteiger charge is -2.15. The number of amides is 1. The Morgan fingerprint density at radius 1 is 1.12 bits per heavy atom. The maximum absolute atomic E-state index is 12.2. The zero-order valence-corrected chi connectivity index (χ0v) is 14.4. The second-order valence-electron chi connectivity index (χ2n) is 5.25. The molecule has 6 heteroatoms. The number of nitrogens with one attached hydrogen (secondary N) is 1. The Morgan fingerprint density at radius 2 is 1.79 bits per heavy atom. The number of carbonyl (C=O) groups excluding carboxylic acids is 2. The Balaban J connectivity index is 2.05. The topological polar surface area (TPSA) is 64.6 Å². The van der Waals surface area contributed by atoms with Gasteiger partial charge in [0, 0.05) is 5.69 Å². The average molecular weight is 348 g/mol. The van der Waals surface area contributed by atoms with E-state index in [1.165, 1.54) is 19.2 Å². The minimum Gasteiger partial charge on any atom is -0.481 e. The van der Waals surface area contributed by atoms with Crippen LogP contribution in [0.3, 0.4) is 0 Å². The molecule has 0 spiro atoms. The molecule has 0 aromatic heterocycles. The van der Waals surface area contributed by atoms with E-state index in [2.05, 4.69) is 10.1 Å². The van der Waals surface area contributed by atoms with Crippen LogP contribution in [-0.4, -0.2) is 25.1 Å². The standard InChI is InChI=1S/C18H18ClNO4/c1-11-4-7-14(8-5-11)24-12(2)17(21)20-13-6-9-16(19)15(10-13)18(22)23-3/h4-10,12H,1-3H3,(H,20,21)/t12-/m1/s1. The summed E-state index contributed by atoms with van der Waals surface area (Å²) in [6.07, 6.45) is -0.704. The van der Waals surface area contributed by atoms with Gasteiger partial charge in [0.1, 0.15) is 5.75 Å². The van der Waals surface area contributed by atoms with Crippen molar-refractivity contribution in [2.45, 2.75) is 20.0 Å². The number of esters is 1. The van der Waals surface area contributed by atoms with Crippen LogP contribution in [0.1, 0.15) is 22.8 Å². The maximum Gasteiger partial charge on any atom is 0.339 e. The molecule has 0 heterocycles. The number of rotatable bonds is 5. The van der Waals surface area contributed by atoms with Gasteiger partial charge in [-0.25, -0.2) is 4.79 Å². The third-order valence-corrected chi connectivity index (χ3v) is 3.67. The van der Waals surface area contributed by atoms with Crippen LogP contribution in [0, 0.1) is 6.92 Å². The van der Waals surface area contributed by atoms with Crippen molar-refractivity contribution >= 4 is 29.2 Å². The molecule has 24 heavy (non-hydrogen) atoms. The van der Waals surface area contributed by atoms with Gasteiger partial charge >= 0.3 is 5.97 Å². The predicted molar refractivity (Wildman–Crippen MR) is 92.7 cm³/mol. The lowest BCUT2D eigenvalue weighted by Crippen LogP contribution is -2.30. The molecule has 0 fully saturated rings. The number of benzene rings is 2. The largest absolute Gasteiger partial charge is 0.481 e. The van der Waals surface area contributed by atoms with Crippen LogP contribution in [0.4, 0.5) is 5.69 Å². The fraction of sp³-hybridized carbons (Fsp3) is 0.222. The Morgan fingerprint density at radius 3 is 2.42 bits per heavy atom. The molecule has 0 bridgehead atoms. The van der Waals surface area contributed by atoms with Crippen LogP contribution in [-0.2, 0) is 9.53 Å². The lowest BCUT2D eigenvalue weighted by molar-refractivity contribution is -0.122. The first-order valence-corrected chi connectivity index (χ1v) is 7.70. The van der Waals surface area contributed by atoms with Crippen molar-refractivity contribution in [3.63, 3.8) is 0 Å². The van der Waals surface area contributed by atoms with Crippen molar-refractivity contribution in [2.24, 2.45) is 0 Å². The quantitative estimate of drug-likeness (QED) is 0.834. The molecule has 1 amide bonds. The van der Waals surface area contributed by atoms with Gasteiger partial charge in [0.05, 0.1) is 17.7 Å². The summed E-state index contributed by atoms with van der Waals surface area (Å²) >= 11 is 5.95. The molecule has 5 nitrogen and oxygen atoms in total. The summed E-state index contributed by atoms with van der Waals surface area (Å²) in [5.74, 6) is -0.302. The summed E-state index contributed by atoms with van der Waals surface area (Å²) in [7, 11) is 1.27. The summed E-state index contributed by atoms with van der Waals surface area (Å²) in [5.41, 5.74) is 1.73. The number of anilines is 1. The van der Waals surface area contributed by atoms with Crippen molar-refractivity contribution < 1.29 is 19.1 Å². The highest BCUT2D eigenvalue weighted by Crippen LogP contribution is 2.22. The van der Waals surface area contributed by atoms with Crippen molar-refractivity contribution in [1.29, 1.82) is 0 Å². The first-order valence-electron chi connectivity index (χ1n) is 7.32. The smallest absolute Gasteiger partial charge is 0.339 e. The SMILES string of the molecule is COC(=O)c1cc(NC(=O)[C@@H](C)Oc2ccc(C)cc2)ccc1Cl. The maximum atomic E-state index is 12.2. The number of carbonyl (C=O) groups is 2. The molecule has 0 aliphatic rings. The van der Waals surface area contributed by atoms with Gasteiger partial charge in [0.15, 0.2) is 6.10 Å². The van der Waals surface area contributed by atoms with Gasteiger partial charge in [0.2, 0.25) is 0 Å². The third-order valence-electron chi connectivity index (χ3n) is 3.34. The van der Waals surface area contributed by atoms with Gasteiger partial charge in [-0.2, -0.15) is 0 Å². The Bertz CT molecular complexity index is 743. The number of halogens is 1. The average Bonchev–Trinajstić information content (AvgIpc) is 2.57. The number of hydrogen-bond acceptors (Lipinski definition) is 4. The number of aryl methyl sites for hydroxylation is 1. The first kappa shape index (κ1) is 17.8. The molecule has 0 saturated carbocycles. The number of hydrogen-bond donors (Lipinski definition) is 1. The summed E-state index contributed by atoms with van der Waals surface area (Å²) in [5, 5.41) is 2.94. The second-order valence-corrected chi connectivity index (χ2v) is 5.66. The summed E-state index contributed by atoms with van der Waals surface area (Å²) < 4.78 is 10.2. The molecule has 0 aliphatic heterocycles. The zero-order chi connectivity index (χ0) is 17.7. The van der Waals surface area contributed by atoms with E-state index in [1.807, 2.05) is 19.1 Å². The molecule has 0 saturated heterocycles. The third kappa shape index (κ3) is 4.49. The minimum absolute atomic E-state index is 0.184. The van der Waals surface area contributed by atoms with E-state index in [1.54, 1.807) is 25.1 Å². The fourth-order valence-electron chi connectivity index (χ4n) is 1.99. The molecular formula is C18H18ClNO4.